The zero-order chi connectivity index (χ0) is 25.2. The summed E-state index contributed by atoms with van der Waals surface area (Å²) >= 11 is 2.22. The Bertz CT molecular complexity index is 1430. The summed E-state index contributed by atoms with van der Waals surface area (Å²) < 4.78 is 34.1. The van der Waals surface area contributed by atoms with Crippen molar-refractivity contribution in [1.82, 2.24) is 8.87 Å². The molecule has 0 aliphatic carbocycles. The summed E-state index contributed by atoms with van der Waals surface area (Å²) in [4.78, 5) is 40.3. The van der Waals surface area contributed by atoms with Crippen molar-refractivity contribution in [3.05, 3.63) is 50.6 Å². The first-order valence-corrected chi connectivity index (χ1v) is 13.9. The third kappa shape index (κ3) is 5.34. The fourth-order valence-corrected chi connectivity index (χ4v) is 7.50. The van der Waals surface area contributed by atoms with E-state index >= 15 is 0 Å². The molecule has 11 nitrogen and oxygen atoms in total. The molecule has 35 heavy (non-hydrogen) atoms. The van der Waals surface area contributed by atoms with Crippen LogP contribution in [0, 0.1) is 16.0 Å². The Balaban J connectivity index is 1.59. The number of ether oxygens (including phenoxy) is 1. The Kier molecular flexibility index (Phi) is 7.44. The molecule has 14 heteroatoms. The molecule has 0 spiro atoms. The number of non-ortho nitro benzene ring substituents is 1. The standard InChI is InChI=1S/C21H22N4O7S3/c1-2-32-18(26)13-24-16-6-5-15(25(28)29)12-17(16)34-21(24)22-20(27)14-7-9-23(10-8-14)35(30,31)19-4-3-11-33-19/h3-6,11-12,14H,2,7-10,13H2,1H3. The number of nitro benzene ring substituents is 1. The first kappa shape index (κ1) is 25.2. The van der Waals surface area contributed by atoms with Gasteiger partial charge in [-0.15, -0.1) is 11.3 Å². The number of carbonyl (C=O) groups is 2. The summed E-state index contributed by atoms with van der Waals surface area (Å²) in [6.07, 6.45) is 0.641. The molecule has 1 aliphatic heterocycles. The largest absolute Gasteiger partial charge is 0.465 e. The number of amides is 1. The maximum atomic E-state index is 13.0. The van der Waals surface area contributed by atoms with Crippen LogP contribution in [-0.4, -0.2) is 53.8 Å². The Morgan fingerprint density at radius 2 is 2.00 bits per heavy atom. The average Bonchev–Trinajstić information content (AvgIpc) is 3.48. The number of piperidine rings is 1. The number of aromatic nitrogens is 1. The summed E-state index contributed by atoms with van der Waals surface area (Å²) in [5.74, 6) is -1.41. The number of carbonyl (C=O) groups excluding carboxylic acids is 2. The van der Waals surface area contributed by atoms with Crippen LogP contribution in [0.2, 0.25) is 0 Å². The molecular formula is C21H22N4O7S3. The first-order valence-electron chi connectivity index (χ1n) is 10.8. The molecule has 4 rings (SSSR count). The lowest BCUT2D eigenvalue weighted by atomic mass is 9.98. The van der Waals surface area contributed by atoms with Gasteiger partial charge >= 0.3 is 5.97 Å². The lowest BCUT2D eigenvalue weighted by Crippen LogP contribution is -2.40. The van der Waals surface area contributed by atoms with Crippen molar-refractivity contribution in [2.45, 2.75) is 30.5 Å². The highest BCUT2D eigenvalue weighted by molar-refractivity contribution is 7.91. The van der Waals surface area contributed by atoms with Gasteiger partial charge in [0.15, 0.2) is 4.80 Å². The van der Waals surface area contributed by atoms with Crippen LogP contribution in [-0.2, 0) is 30.9 Å². The molecule has 1 aromatic carbocycles. The van der Waals surface area contributed by atoms with Crippen LogP contribution in [0.5, 0.6) is 0 Å². The van der Waals surface area contributed by atoms with E-state index in [1.165, 1.54) is 27.1 Å². The normalized spacial score (nSPS) is 16.0. The number of rotatable bonds is 7. The monoisotopic (exact) mass is 538 g/mol. The van der Waals surface area contributed by atoms with Gasteiger partial charge in [-0.1, -0.05) is 17.4 Å². The van der Waals surface area contributed by atoms with E-state index in [1.807, 2.05) is 0 Å². The van der Waals surface area contributed by atoms with Gasteiger partial charge in [-0.25, -0.2) is 8.42 Å². The minimum absolute atomic E-state index is 0.112. The Morgan fingerprint density at radius 3 is 2.63 bits per heavy atom. The predicted molar refractivity (Wildman–Crippen MR) is 129 cm³/mol. The van der Waals surface area contributed by atoms with E-state index in [4.69, 9.17) is 4.74 Å². The number of sulfonamides is 1. The molecule has 186 valence electrons. The van der Waals surface area contributed by atoms with Crippen LogP contribution in [0.4, 0.5) is 5.69 Å². The van der Waals surface area contributed by atoms with Gasteiger partial charge in [0.1, 0.15) is 10.8 Å². The zero-order valence-corrected chi connectivity index (χ0v) is 21.1. The average molecular weight is 539 g/mol. The van der Waals surface area contributed by atoms with Crippen LogP contribution in [0.25, 0.3) is 10.2 Å². The number of hydrogen-bond donors (Lipinski definition) is 0. The fourth-order valence-electron chi connectivity index (χ4n) is 3.82. The molecule has 0 bridgehead atoms. The highest BCUT2D eigenvalue weighted by Gasteiger charge is 2.32. The second kappa shape index (κ2) is 10.4. The molecule has 0 N–H and O–H groups in total. The topological polar surface area (TPSA) is 141 Å². The minimum atomic E-state index is -3.58. The highest BCUT2D eigenvalue weighted by Crippen LogP contribution is 2.27. The van der Waals surface area contributed by atoms with Crippen LogP contribution < -0.4 is 4.80 Å². The van der Waals surface area contributed by atoms with Gasteiger partial charge in [-0.2, -0.15) is 9.30 Å². The third-order valence-electron chi connectivity index (χ3n) is 5.57. The van der Waals surface area contributed by atoms with Gasteiger partial charge in [0.2, 0.25) is 0 Å². The molecule has 1 saturated heterocycles. The maximum Gasteiger partial charge on any atom is 0.326 e. The van der Waals surface area contributed by atoms with E-state index < -0.39 is 32.7 Å². The molecule has 3 aromatic rings. The van der Waals surface area contributed by atoms with Gasteiger partial charge in [0.25, 0.3) is 21.6 Å². The summed E-state index contributed by atoms with van der Waals surface area (Å²) in [7, 11) is -3.58. The second-order valence-corrected chi connectivity index (χ2v) is 11.9. The molecule has 0 unspecified atom stereocenters. The van der Waals surface area contributed by atoms with Gasteiger partial charge in [-0.3, -0.25) is 19.7 Å². The van der Waals surface area contributed by atoms with Gasteiger partial charge in [0.05, 0.1) is 21.7 Å². The number of fused-ring (bicyclic) bond motifs is 1. The van der Waals surface area contributed by atoms with E-state index in [1.54, 1.807) is 24.4 Å². The third-order valence-corrected chi connectivity index (χ3v) is 9.88. The van der Waals surface area contributed by atoms with Crippen molar-refractivity contribution in [3.8, 4) is 0 Å². The van der Waals surface area contributed by atoms with Crippen LogP contribution in [0.15, 0.2) is 44.9 Å². The van der Waals surface area contributed by atoms with Gasteiger partial charge in [0, 0.05) is 31.1 Å². The molecule has 1 fully saturated rings. The molecule has 1 aliphatic rings. The minimum Gasteiger partial charge on any atom is -0.465 e. The van der Waals surface area contributed by atoms with E-state index in [0.29, 0.717) is 23.1 Å². The van der Waals surface area contributed by atoms with Crippen molar-refractivity contribution < 1.29 is 27.7 Å². The van der Waals surface area contributed by atoms with E-state index in [-0.39, 0.29) is 40.9 Å². The van der Waals surface area contributed by atoms with Crippen molar-refractivity contribution in [1.29, 1.82) is 0 Å². The zero-order valence-electron chi connectivity index (χ0n) is 18.7. The molecule has 3 heterocycles. The smallest absolute Gasteiger partial charge is 0.326 e. The number of benzene rings is 1. The lowest BCUT2D eigenvalue weighted by Gasteiger charge is -2.29. The van der Waals surface area contributed by atoms with Crippen LogP contribution in [0.3, 0.4) is 0 Å². The van der Waals surface area contributed by atoms with Crippen molar-refractivity contribution in [2.75, 3.05) is 19.7 Å². The van der Waals surface area contributed by atoms with E-state index in [9.17, 15) is 28.1 Å². The number of thiophene rings is 1. The van der Waals surface area contributed by atoms with Gasteiger partial charge < -0.3 is 9.30 Å². The predicted octanol–water partition coefficient (Wildman–Crippen LogP) is 2.76. The number of esters is 1. The maximum absolute atomic E-state index is 13.0. The molecule has 0 atom stereocenters. The number of nitrogens with zero attached hydrogens (tertiary/aromatic N) is 4. The summed E-state index contributed by atoms with van der Waals surface area (Å²) in [5.41, 5.74) is 0.413. The Morgan fingerprint density at radius 1 is 1.26 bits per heavy atom. The van der Waals surface area contributed by atoms with Crippen LogP contribution >= 0.6 is 22.7 Å². The number of hydrogen-bond acceptors (Lipinski definition) is 9. The number of nitro groups is 1. The quantitative estimate of drug-likeness (QED) is 0.256. The van der Waals surface area contributed by atoms with E-state index in [0.717, 1.165) is 22.7 Å². The summed E-state index contributed by atoms with van der Waals surface area (Å²) in [6, 6.07) is 7.45. The molecular weight excluding hydrogens is 516 g/mol. The first-order chi connectivity index (χ1) is 16.7. The molecule has 0 saturated carbocycles. The molecule has 2 aromatic heterocycles. The molecule has 0 radical (unpaired) electrons. The second-order valence-electron chi connectivity index (χ2n) is 7.75. The Hall–Kier alpha value is -2.94. The van der Waals surface area contributed by atoms with Crippen molar-refractivity contribution in [3.63, 3.8) is 0 Å². The van der Waals surface area contributed by atoms with Crippen molar-refractivity contribution >= 4 is 60.5 Å². The van der Waals surface area contributed by atoms with Gasteiger partial charge in [-0.05, 0) is 37.3 Å². The van der Waals surface area contributed by atoms with E-state index in [2.05, 4.69) is 4.99 Å². The highest BCUT2D eigenvalue weighted by atomic mass is 32.2. The molecule has 1 amide bonds. The SMILES string of the molecule is CCOC(=O)Cn1c(=NC(=O)C2CCN(S(=O)(=O)c3cccs3)CC2)sc2cc([N+](=O)[O-])ccc21. The fraction of sp³-hybridized carbons (Fsp3) is 0.381. The Labute approximate surface area is 208 Å². The van der Waals surface area contributed by atoms with Crippen LogP contribution in [0.1, 0.15) is 19.8 Å². The summed E-state index contributed by atoms with van der Waals surface area (Å²) in [6.45, 7) is 2.07. The van der Waals surface area contributed by atoms with Crippen molar-refractivity contribution in [2.24, 2.45) is 10.9 Å². The lowest BCUT2D eigenvalue weighted by molar-refractivity contribution is -0.384. The number of thiazole rings is 1. The summed E-state index contributed by atoms with van der Waals surface area (Å²) in [5, 5.41) is 12.9.